The van der Waals surface area contributed by atoms with E-state index in [4.69, 9.17) is 17.5 Å². The van der Waals surface area contributed by atoms with E-state index in [-0.39, 0.29) is 5.48 Å². The second-order valence-electron chi connectivity index (χ2n) is 1.20. The summed E-state index contributed by atoms with van der Waals surface area (Å²) in [5, 5.41) is 3.00. The van der Waals surface area contributed by atoms with Crippen LogP contribution in [-0.2, 0) is 10.4 Å². The highest BCUT2D eigenvalue weighted by molar-refractivity contribution is 7.79. The molecule has 0 unspecified atom stereocenters. The molecular weight excluding hydrogens is 150 g/mol. The molecule has 6 nitrogen and oxygen atoms in total. The van der Waals surface area contributed by atoms with Gasteiger partial charge < -0.3 is 10.8 Å². The van der Waals surface area contributed by atoms with Crippen molar-refractivity contribution in [3.63, 3.8) is 0 Å². The van der Waals surface area contributed by atoms with Crippen molar-refractivity contribution in [3.8, 4) is 0 Å². The fraction of sp³-hybridized carbons (Fsp3) is 1.00. The van der Waals surface area contributed by atoms with Gasteiger partial charge in [-0.3, -0.25) is 9.11 Å². The summed E-state index contributed by atoms with van der Waals surface area (Å²) >= 11 is 0. The third kappa shape index (κ3) is 418. The lowest BCUT2D eigenvalue weighted by Gasteiger charge is -1.68. The third-order valence-electron chi connectivity index (χ3n) is 0.250. The molecule has 58 valence electrons. The molecule has 0 aromatic carbocycles. The van der Waals surface area contributed by atoms with E-state index in [2.05, 4.69) is 5.32 Å². The number of hydrogen-bond donors (Lipinski definition) is 3. The zero-order valence-electron chi connectivity index (χ0n) is 4.53. The van der Waals surface area contributed by atoms with Crippen LogP contribution in [0.1, 0.15) is 0 Å². The van der Waals surface area contributed by atoms with Crippen molar-refractivity contribution in [2.45, 2.75) is 0 Å². The highest BCUT2D eigenvalue weighted by Crippen LogP contribution is 1.65. The normalized spacial score (nSPS) is 14.4. The predicted octanol–water partition coefficient (Wildman–Crippen LogP) is -1.89. The molecule has 0 spiro atoms. The average molecular weight is 159 g/mol. The van der Waals surface area contributed by atoms with E-state index in [1.807, 2.05) is 0 Å². The van der Waals surface area contributed by atoms with Crippen LogP contribution in [0, 0.1) is 0 Å². The first-order valence-electron chi connectivity index (χ1n) is 1.91. The Kier molecular flexibility index (Phi) is 5.98. The van der Waals surface area contributed by atoms with Crippen LogP contribution in [0.4, 0.5) is 0 Å². The van der Waals surface area contributed by atoms with Crippen molar-refractivity contribution in [1.82, 2.24) is 5.32 Å². The van der Waals surface area contributed by atoms with Gasteiger partial charge in [0.2, 0.25) is 0 Å². The van der Waals surface area contributed by atoms with E-state index < -0.39 is 10.4 Å². The van der Waals surface area contributed by atoms with Crippen molar-refractivity contribution in [2.75, 3.05) is 13.1 Å². The monoisotopic (exact) mass is 159 g/mol. The molecule has 0 aromatic rings. The summed E-state index contributed by atoms with van der Waals surface area (Å²) in [6, 6.07) is 0. The topological polar surface area (TPSA) is 128 Å². The zero-order valence-corrected chi connectivity index (χ0v) is 5.35. The highest BCUT2D eigenvalue weighted by atomic mass is 32.3. The minimum Gasteiger partial charge on any atom is -0.412 e. The maximum atomic E-state index is 8.74. The van der Waals surface area contributed by atoms with E-state index >= 15 is 0 Å². The first-order chi connectivity index (χ1) is 3.50. The molecular formula is C2H9NO5S. The molecule has 1 rings (SSSR count). The number of hydrogen-bond acceptors (Lipinski definition) is 3. The molecule has 1 heterocycles. The molecule has 1 fully saturated rings. The van der Waals surface area contributed by atoms with Crippen LogP contribution >= 0.6 is 0 Å². The quantitative estimate of drug-likeness (QED) is 0.281. The summed E-state index contributed by atoms with van der Waals surface area (Å²) in [6.45, 7) is 2.50. The predicted molar refractivity (Wildman–Crippen MR) is 30.7 cm³/mol. The lowest BCUT2D eigenvalue weighted by molar-refractivity contribution is 0.381. The Balaban J connectivity index is 0. The van der Waals surface area contributed by atoms with Gasteiger partial charge >= 0.3 is 10.4 Å². The van der Waals surface area contributed by atoms with Crippen molar-refractivity contribution < 1.29 is 23.0 Å². The van der Waals surface area contributed by atoms with Gasteiger partial charge in [0.15, 0.2) is 0 Å². The van der Waals surface area contributed by atoms with Gasteiger partial charge in [0.1, 0.15) is 0 Å². The minimum absolute atomic E-state index is 0. The first-order valence-corrected chi connectivity index (χ1v) is 3.30. The Morgan fingerprint density at radius 1 is 1.22 bits per heavy atom. The second kappa shape index (κ2) is 4.65. The van der Waals surface area contributed by atoms with Crippen molar-refractivity contribution in [2.24, 2.45) is 0 Å². The van der Waals surface area contributed by atoms with Gasteiger partial charge in [-0.15, -0.1) is 0 Å². The maximum absolute atomic E-state index is 8.74. The molecule has 0 amide bonds. The number of nitrogens with one attached hydrogen (secondary N) is 1. The molecule has 1 saturated heterocycles. The molecule has 0 aromatic heterocycles. The fourth-order valence-electron chi connectivity index (χ4n) is 0. The maximum Gasteiger partial charge on any atom is 0.394 e. The summed E-state index contributed by atoms with van der Waals surface area (Å²) in [7, 11) is -4.67. The minimum atomic E-state index is -4.67. The van der Waals surface area contributed by atoms with Crippen LogP contribution in [0.25, 0.3) is 0 Å². The largest absolute Gasteiger partial charge is 0.412 e. The molecule has 0 radical (unpaired) electrons. The molecule has 0 atom stereocenters. The molecule has 0 aliphatic carbocycles. The van der Waals surface area contributed by atoms with E-state index in [0.717, 1.165) is 0 Å². The second-order valence-corrected chi connectivity index (χ2v) is 2.09. The SMILES string of the molecule is C1CN1.O.O=S(=O)(O)O. The Bertz CT molecular complexity index is 126. The third-order valence-corrected chi connectivity index (χ3v) is 0.250. The lowest BCUT2D eigenvalue weighted by Crippen LogP contribution is -1.89. The van der Waals surface area contributed by atoms with Gasteiger partial charge in [-0.1, -0.05) is 0 Å². The summed E-state index contributed by atoms with van der Waals surface area (Å²) in [6.07, 6.45) is 0. The summed E-state index contributed by atoms with van der Waals surface area (Å²) < 4.78 is 31.6. The summed E-state index contributed by atoms with van der Waals surface area (Å²) in [5.41, 5.74) is 0. The van der Waals surface area contributed by atoms with Crippen LogP contribution in [0.15, 0.2) is 0 Å². The van der Waals surface area contributed by atoms with Gasteiger partial charge in [-0.2, -0.15) is 8.42 Å². The Hall–Kier alpha value is -0.210. The molecule has 5 N–H and O–H groups in total. The van der Waals surface area contributed by atoms with Crippen molar-refractivity contribution in [1.29, 1.82) is 0 Å². The first kappa shape index (κ1) is 11.6. The van der Waals surface area contributed by atoms with Crippen LogP contribution in [-0.4, -0.2) is 36.1 Å². The zero-order chi connectivity index (χ0) is 6.62. The van der Waals surface area contributed by atoms with Gasteiger partial charge in [0.05, 0.1) is 0 Å². The molecule has 7 heteroatoms. The van der Waals surface area contributed by atoms with Gasteiger partial charge in [-0.05, 0) is 0 Å². The molecule has 1 aliphatic rings. The van der Waals surface area contributed by atoms with Crippen LogP contribution in [0.5, 0.6) is 0 Å². The highest BCUT2D eigenvalue weighted by Gasteiger charge is 1.91. The molecule has 1 aliphatic heterocycles. The van der Waals surface area contributed by atoms with E-state index in [0.29, 0.717) is 0 Å². The van der Waals surface area contributed by atoms with Crippen LogP contribution < -0.4 is 5.32 Å². The Morgan fingerprint density at radius 2 is 1.33 bits per heavy atom. The van der Waals surface area contributed by atoms with Gasteiger partial charge in [0, 0.05) is 13.1 Å². The summed E-state index contributed by atoms with van der Waals surface area (Å²) in [4.78, 5) is 0. The number of rotatable bonds is 0. The van der Waals surface area contributed by atoms with Gasteiger partial charge in [-0.25, -0.2) is 0 Å². The van der Waals surface area contributed by atoms with E-state index in [1.54, 1.807) is 0 Å². The standard InChI is InChI=1S/C2H5N.H2O4S.H2O/c1-2-3-1;1-5(2,3)4;/h3H,1-2H2;(H2,1,2,3,4);1H2. The van der Waals surface area contributed by atoms with E-state index in [9.17, 15) is 0 Å². The van der Waals surface area contributed by atoms with Gasteiger partial charge in [0.25, 0.3) is 0 Å². The average Bonchev–Trinajstić information content (AvgIpc) is 1.95. The smallest absolute Gasteiger partial charge is 0.394 e. The van der Waals surface area contributed by atoms with Crippen molar-refractivity contribution in [3.05, 3.63) is 0 Å². The Labute approximate surface area is 52.8 Å². The lowest BCUT2D eigenvalue weighted by atomic mass is 11.0. The van der Waals surface area contributed by atoms with Crippen LogP contribution in [0.3, 0.4) is 0 Å². The fourth-order valence-corrected chi connectivity index (χ4v) is 0. The molecule has 9 heavy (non-hydrogen) atoms. The van der Waals surface area contributed by atoms with Crippen LogP contribution in [0.2, 0.25) is 0 Å². The van der Waals surface area contributed by atoms with E-state index in [1.165, 1.54) is 13.1 Å². The molecule has 0 saturated carbocycles. The Morgan fingerprint density at radius 3 is 1.33 bits per heavy atom. The van der Waals surface area contributed by atoms with Crippen molar-refractivity contribution >= 4 is 10.4 Å². The molecule has 0 bridgehead atoms. The summed E-state index contributed by atoms with van der Waals surface area (Å²) in [5.74, 6) is 0.